The first-order valence-electron chi connectivity index (χ1n) is 10.6. The standard InChI is InChI=1S/C23H28N4O5S/c1-4-12-27-20-11-10-18(33(30,31)26(2)3)14-19(20)25-21(27)16-32-23(29)15-24-22(28)13-17-8-6-5-7-9-17/h5-11,14H,4,12-13,15-16H2,1-3H3,(H,24,28). The SMILES string of the molecule is CCCn1c(COC(=O)CNC(=O)Cc2ccccc2)nc2cc(S(=O)(=O)N(C)C)ccc21. The lowest BCUT2D eigenvalue weighted by Crippen LogP contribution is -2.31. The third kappa shape index (κ3) is 5.96. The molecule has 0 aliphatic heterocycles. The molecule has 0 saturated heterocycles. The fraction of sp³-hybridized carbons (Fsp3) is 0.348. The van der Waals surface area contributed by atoms with E-state index in [9.17, 15) is 18.0 Å². The fourth-order valence-electron chi connectivity index (χ4n) is 3.32. The van der Waals surface area contributed by atoms with E-state index in [4.69, 9.17) is 4.74 Å². The summed E-state index contributed by atoms with van der Waals surface area (Å²) in [6, 6.07) is 14.0. The highest BCUT2D eigenvalue weighted by Crippen LogP contribution is 2.23. The number of sulfonamides is 1. The Morgan fingerprint density at radius 3 is 2.52 bits per heavy atom. The number of hydrogen-bond acceptors (Lipinski definition) is 6. The fourth-order valence-corrected chi connectivity index (χ4v) is 4.25. The van der Waals surface area contributed by atoms with E-state index in [1.807, 2.05) is 41.8 Å². The van der Waals surface area contributed by atoms with Gasteiger partial charge in [-0.3, -0.25) is 9.59 Å². The Morgan fingerprint density at radius 2 is 1.85 bits per heavy atom. The third-order valence-corrected chi connectivity index (χ3v) is 6.84. The molecule has 0 radical (unpaired) electrons. The van der Waals surface area contributed by atoms with Gasteiger partial charge < -0.3 is 14.6 Å². The number of aromatic nitrogens is 2. The molecule has 0 spiro atoms. The Morgan fingerprint density at radius 1 is 1.12 bits per heavy atom. The number of nitrogens with zero attached hydrogens (tertiary/aromatic N) is 3. The molecule has 176 valence electrons. The Kier molecular flexibility index (Phi) is 7.83. The normalized spacial score (nSPS) is 11.6. The molecule has 10 heteroatoms. The summed E-state index contributed by atoms with van der Waals surface area (Å²) in [5.74, 6) is -0.344. The molecule has 2 aromatic carbocycles. The predicted octanol–water partition coefficient (Wildman–Crippen LogP) is 2.10. The Labute approximate surface area is 193 Å². The summed E-state index contributed by atoms with van der Waals surface area (Å²) in [6.45, 7) is 2.31. The van der Waals surface area contributed by atoms with E-state index in [1.54, 1.807) is 12.1 Å². The molecule has 33 heavy (non-hydrogen) atoms. The van der Waals surface area contributed by atoms with E-state index in [0.717, 1.165) is 21.8 Å². The molecule has 3 rings (SSSR count). The summed E-state index contributed by atoms with van der Waals surface area (Å²) in [5, 5.41) is 2.56. The molecule has 1 heterocycles. The zero-order chi connectivity index (χ0) is 24.0. The number of esters is 1. The van der Waals surface area contributed by atoms with Gasteiger partial charge in [0.2, 0.25) is 15.9 Å². The maximum absolute atomic E-state index is 12.4. The van der Waals surface area contributed by atoms with Crippen LogP contribution in [0.1, 0.15) is 24.7 Å². The van der Waals surface area contributed by atoms with Crippen LogP contribution in [-0.2, 0) is 43.9 Å². The molecule has 3 aromatic rings. The average Bonchev–Trinajstić information content (AvgIpc) is 3.14. The molecular weight excluding hydrogens is 444 g/mol. The van der Waals surface area contributed by atoms with Gasteiger partial charge in [0, 0.05) is 20.6 Å². The van der Waals surface area contributed by atoms with Crippen LogP contribution < -0.4 is 5.32 Å². The van der Waals surface area contributed by atoms with Crippen molar-refractivity contribution in [3.63, 3.8) is 0 Å². The van der Waals surface area contributed by atoms with E-state index < -0.39 is 16.0 Å². The van der Waals surface area contributed by atoms with Gasteiger partial charge in [-0.2, -0.15) is 0 Å². The van der Waals surface area contributed by atoms with Crippen LogP contribution in [0.4, 0.5) is 0 Å². The van der Waals surface area contributed by atoms with Crippen molar-refractivity contribution >= 4 is 32.9 Å². The van der Waals surface area contributed by atoms with E-state index in [2.05, 4.69) is 10.3 Å². The zero-order valence-electron chi connectivity index (χ0n) is 18.9. The van der Waals surface area contributed by atoms with E-state index in [-0.39, 0.29) is 30.4 Å². The summed E-state index contributed by atoms with van der Waals surface area (Å²) in [5.41, 5.74) is 2.12. The van der Waals surface area contributed by atoms with Crippen LogP contribution in [0.5, 0.6) is 0 Å². The minimum atomic E-state index is -3.59. The molecule has 0 aliphatic carbocycles. The van der Waals surface area contributed by atoms with Crippen LogP contribution in [0, 0.1) is 0 Å². The van der Waals surface area contributed by atoms with Gasteiger partial charge in [0.1, 0.15) is 19.0 Å². The van der Waals surface area contributed by atoms with Crippen LogP contribution in [0.15, 0.2) is 53.4 Å². The van der Waals surface area contributed by atoms with Gasteiger partial charge in [0.15, 0.2) is 0 Å². The lowest BCUT2D eigenvalue weighted by Gasteiger charge is -2.11. The number of amides is 1. The highest BCUT2D eigenvalue weighted by molar-refractivity contribution is 7.89. The maximum atomic E-state index is 12.4. The maximum Gasteiger partial charge on any atom is 0.325 e. The number of ether oxygens (including phenoxy) is 1. The lowest BCUT2D eigenvalue weighted by molar-refractivity contribution is -0.145. The minimum Gasteiger partial charge on any atom is -0.456 e. The average molecular weight is 473 g/mol. The molecule has 1 N–H and O–H groups in total. The summed E-state index contributed by atoms with van der Waals surface area (Å²) in [6.07, 6.45) is 0.998. The number of nitrogens with one attached hydrogen (secondary N) is 1. The lowest BCUT2D eigenvalue weighted by atomic mass is 10.1. The summed E-state index contributed by atoms with van der Waals surface area (Å²) < 4.78 is 33.2. The van der Waals surface area contributed by atoms with Crippen molar-refractivity contribution < 1.29 is 22.7 Å². The number of hydrogen-bond donors (Lipinski definition) is 1. The number of imidazole rings is 1. The molecular formula is C23H28N4O5S. The molecule has 0 unspecified atom stereocenters. The van der Waals surface area contributed by atoms with Crippen molar-refractivity contribution in [2.45, 2.75) is 37.8 Å². The molecule has 1 amide bonds. The second kappa shape index (κ2) is 10.6. The molecule has 0 bridgehead atoms. The monoisotopic (exact) mass is 472 g/mol. The zero-order valence-corrected chi connectivity index (χ0v) is 19.8. The van der Waals surface area contributed by atoms with Crippen LogP contribution >= 0.6 is 0 Å². The number of benzene rings is 2. The molecule has 0 aliphatic rings. The largest absolute Gasteiger partial charge is 0.456 e. The molecule has 9 nitrogen and oxygen atoms in total. The summed E-state index contributed by atoms with van der Waals surface area (Å²) in [7, 11) is -0.648. The second-order valence-electron chi connectivity index (χ2n) is 7.72. The number of carbonyl (C=O) groups is 2. The minimum absolute atomic E-state index is 0.0855. The number of aryl methyl sites for hydroxylation is 1. The van der Waals surface area contributed by atoms with Gasteiger partial charge in [0.05, 0.1) is 22.3 Å². The van der Waals surface area contributed by atoms with Crippen molar-refractivity contribution in [2.75, 3.05) is 20.6 Å². The first kappa shape index (κ1) is 24.4. The molecule has 1 aromatic heterocycles. The first-order chi connectivity index (χ1) is 15.7. The summed E-state index contributed by atoms with van der Waals surface area (Å²) >= 11 is 0. The highest BCUT2D eigenvalue weighted by atomic mass is 32.2. The van der Waals surface area contributed by atoms with Gasteiger partial charge in [-0.25, -0.2) is 17.7 Å². The van der Waals surface area contributed by atoms with Gasteiger partial charge in [-0.1, -0.05) is 37.3 Å². The van der Waals surface area contributed by atoms with Crippen molar-refractivity contribution in [3.05, 3.63) is 59.9 Å². The van der Waals surface area contributed by atoms with Crippen molar-refractivity contribution in [2.24, 2.45) is 0 Å². The van der Waals surface area contributed by atoms with Crippen LogP contribution in [0.3, 0.4) is 0 Å². The summed E-state index contributed by atoms with van der Waals surface area (Å²) in [4.78, 5) is 28.8. The molecule has 0 saturated carbocycles. The molecule has 0 atom stereocenters. The third-order valence-electron chi connectivity index (χ3n) is 5.02. The van der Waals surface area contributed by atoms with Crippen molar-refractivity contribution in [3.8, 4) is 0 Å². The number of fused-ring (bicyclic) bond motifs is 1. The van der Waals surface area contributed by atoms with Gasteiger partial charge in [-0.05, 0) is 30.2 Å². The Bertz CT molecular complexity index is 1240. The highest BCUT2D eigenvalue weighted by Gasteiger charge is 2.20. The van der Waals surface area contributed by atoms with Crippen LogP contribution in [-0.4, -0.2) is 54.8 Å². The van der Waals surface area contributed by atoms with Gasteiger partial charge in [-0.15, -0.1) is 0 Å². The Balaban J connectivity index is 1.66. The van der Waals surface area contributed by atoms with E-state index in [0.29, 0.717) is 17.9 Å². The quantitative estimate of drug-likeness (QED) is 0.453. The second-order valence-corrected chi connectivity index (χ2v) is 9.87. The Hall–Kier alpha value is -3.24. The van der Waals surface area contributed by atoms with E-state index in [1.165, 1.54) is 20.2 Å². The smallest absolute Gasteiger partial charge is 0.325 e. The van der Waals surface area contributed by atoms with Gasteiger partial charge in [0.25, 0.3) is 0 Å². The van der Waals surface area contributed by atoms with Crippen LogP contribution in [0.25, 0.3) is 11.0 Å². The van der Waals surface area contributed by atoms with Crippen molar-refractivity contribution in [1.29, 1.82) is 0 Å². The van der Waals surface area contributed by atoms with Gasteiger partial charge >= 0.3 is 5.97 Å². The topological polar surface area (TPSA) is 111 Å². The van der Waals surface area contributed by atoms with E-state index >= 15 is 0 Å². The molecule has 0 fully saturated rings. The van der Waals surface area contributed by atoms with Crippen LogP contribution in [0.2, 0.25) is 0 Å². The first-order valence-corrected chi connectivity index (χ1v) is 12.0. The predicted molar refractivity (Wildman–Crippen MR) is 124 cm³/mol. The van der Waals surface area contributed by atoms with Crippen molar-refractivity contribution in [1.82, 2.24) is 19.2 Å². The number of rotatable bonds is 10. The number of carbonyl (C=O) groups excluding carboxylic acids is 2.